The third-order valence-corrected chi connectivity index (χ3v) is 5.76. The van der Waals surface area contributed by atoms with E-state index in [4.69, 9.17) is 20.8 Å². The summed E-state index contributed by atoms with van der Waals surface area (Å²) in [6.45, 7) is -0.0425. The van der Waals surface area contributed by atoms with E-state index in [-0.39, 0.29) is 36.2 Å². The lowest BCUT2D eigenvalue weighted by Gasteiger charge is -2.18. The minimum atomic E-state index is -4.79. The molecule has 14 heteroatoms. The van der Waals surface area contributed by atoms with Gasteiger partial charge in [-0.15, -0.1) is 13.2 Å². The summed E-state index contributed by atoms with van der Waals surface area (Å²) in [6.07, 6.45) is -1.25. The molecule has 2 aromatic heterocycles. The predicted octanol–water partition coefficient (Wildman–Crippen LogP) is 3.95. The van der Waals surface area contributed by atoms with Crippen molar-refractivity contribution in [3.8, 4) is 34.4 Å². The summed E-state index contributed by atoms with van der Waals surface area (Å²) in [6, 6.07) is 11.5. The van der Waals surface area contributed by atoms with Crippen LogP contribution in [-0.4, -0.2) is 50.5 Å². The molecule has 1 amide bonds. The van der Waals surface area contributed by atoms with E-state index < -0.39 is 12.3 Å². The van der Waals surface area contributed by atoms with E-state index in [1.165, 1.54) is 42.6 Å². The van der Waals surface area contributed by atoms with Crippen LogP contribution in [0.5, 0.6) is 11.8 Å². The largest absolute Gasteiger partial charge is 0.573 e. The fraction of sp³-hybridized carbons (Fsp3) is 0.240. The number of nitrogens with zero attached hydrogens (tertiary/aromatic N) is 5. The van der Waals surface area contributed by atoms with Gasteiger partial charge in [0.25, 0.3) is 5.91 Å². The number of carbonyl (C=O) groups is 1. The first-order valence-corrected chi connectivity index (χ1v) is 11.8. The van der Waals surface area contributed by atoms with Crippen LogP contribution in [0.15, 0.2) is 59.3 Å². The second-order valence-corrected chi connectivity index (χ2v) is 8.68. The summed E-state index contributed by atoms with van der Waals surface area (Å²) in [5.74, 6) is 6.24. The number of hydrogen-bond donors (Lipinski definition) is 2. The monoisotopic (exact) mass is 541 g/mol. The van der Waals surface area contributed by atoms with Crippen molar-refractivity contribution in [3.05, 3.63) is 66.2 Å². The van der Waals surface area contributed by atoms with Crippen molar-refractivity contribution in [2.75, 3.05) is 18.9 Å². The van der Waals surface area contributed by atoms with Crippen molar-refractivity contribution in [3.63, 3.8) is 0 Å². The molecule has 39 heavy (non-hydrogen) atoms. The van der Waals surface area contributed by atoms with Crippen LogP contribution >= 0.6 is 0 Å². The zero-order chi connectivity index (χ0) is 27.6. The first-order valence-electron chi connectivity index (χ1n) is 11.8. The lowest BCUT2D eigenvalue weighted by Crippen LogP contribution is -2.40. The summed E-state index contributed by atoms with van der Waals surface area (Å²) < 4.78 is 51.9. The van der Waals surface area contributed by atoms with E-state index in [0.717, 1.165) is 17.9 Å². The van der Waals surface area contributed by atoms with Crippen LogP contribution in [0.3, 0.4) is 0 Å². The second kappa shape index (κ2) is 10.6. The molecule has 0 radical (unpaired) electrons. The number of halogens is 3. The highest BCUT2D eigenvalue weighted by molar-refractivity contribution is 6.00. The normalized spacial score (nSPS) is 13.2. The summed E-state index contributed by atoms with van der Waals surface area (Å²) in [5.41, 5.74) is 7.82. The van der Waals surface area contributed by atoms with Crippen molar-refractivity contribution >= 4 is 11.6 Å². The Morgan fingerprint density at radius 2 is 1.82 bits per heavy atom. The molecule has 4 aromatic rings. The van der Waals surface area contributed by atoms with Crippen LogP contribution in [0.1, 0.15) is 35.0 Å². The molecular weight excluding hydrogens is 519 g/mol. The SMILES string of the molecule is Nc1ccc(-c2ccc(OC(F)(F)F)cc2)cc1C(=O)N(N)CCOc1nccc(-c2noc(C3CC3)n2)n1. The molecule has 0 saturated heterocycles. The Morgan fingerprint density at radius 3 is 2.54 bits per heavy atom. The number of anilines is 1. The highest BCUT2D eigenvalue weighted by Gasteiger charge is 2.31. The van der Waals surface area contributed by atoms with E-state index in [0.29, 0.717) is 34.5 Å². The van der Waals surface area contributed by atoms with Crippen molar-refractivity contribution in [1.29, 1.82) is 0 Å². The molecule has 0 spiro atoms. The lowest BCUT2D eigenvalue weighted by atomic mass is 10.0. The molecule has 0 aliphatic heterocycles. The predicted molar refractivity (Wildman–Crippen MR) is 131 cm³/mol. The summed E-state index contributed by atoms with van der Waals surface area (Å²) in [7, 11) is 0. The standard InChI is InChI=1S/C25H22F3N7O4/c26-25(27,28)38-17-6-3-14(4-7-17)16-5-8-19(29)18(13-16)23(36)35(30)11-12-37-24-31-10-9-20(32-24)21-33-22(39-34-21)15-1-2-15/h3-10,13,15H,1-2,11-12,29-30H2. The van der Waals surface area contributed by atoms with E-state index >= 15 is 0 Å². The number of nitrogens with two attached hydrogens (primary N) is 2. The van der Waals surface area contributed by atoms with Crippen molar-refractivity contribution in [2.45, 2.75) is 25.1 Å². The molecule has 1 aliphatic carbocycles. The van der Waals surface area contributed by atoms with Gasteiger partial charge in [0.1, 0.15) is 18.1 Å². The number of hydrogen-bond acceptors (Lipinski definition) is 10. The Morgan fingerprint density at radius 1 is 1.08 bits per heavy atom. The minimum Gasteiger partial charge on any atom is -0.461 e. The summed E-state index contributed by atoms with van der Waals surface area (Å²) in [4.78, 5) is 25.6. The molecule has 0 bridgehead atoms. The molecule has 202 valence electrons. The van der Waals surface area contributed by atoms with Crippen LogP contribution < -0.4 is 21.1 Å². The first-order chi connectivity index (χ1) is 18.7. The number of aromatic nitrogens is 4. The van der Waals surface area contributed by atoms with E-state index in [9.17, 15) is 18.0 Å². The number of carbonyl (C=O) groups excluding carboxylic acids is 1. The van der Waals surface area contributed by atoms with Crippen LogP contribution in [0.4, 0.5) is 18.9 Å². The maximum Gasteiger partial charge on any atom is 0.573 e. The topological polar surface area (TPSA) is 156 Å². The van der Waals surface area contributed by atoms with Crippen LogP contribution in [0.25, 0.3) is 22.6 Å². The number of hydrazine groups is 1. The number of rotatable bonds is 9. The van der Waals surface area contributed by atoms with Gasteiger partial charge in [-0.1, -0.05) is 23.4 Å². The van der Waals surface area contributed by atoms with Gasteiger partial charge in [0.05, 0.1) is 12.1 Å². The van der Waals surface area contributed by atoms with Gasteiger partial charge in [-0.3, -0.25) is 9.80 Å². The third-order valence-electron chi connectivity index (χ3n) is 5.76. The number of amides is 1. The van der Waals surface area contributed by atoms with Gasteiger partial charge in [-0.25, -0.2) is 10.8 Å². The zero-order valence-electron chi connectivity index (χ0n) is 20.3. The number of alkyl halides is 3. The molecule has 1 aliphatic rings. The highest BCUT2D eigenvalue weighted by atomic mass is 19.4. The molecule has 1 fully saturated rings. The van der Waals surface area contributed by atoms with Crippen LogP contribution in [0.2, 0.25) is 0 Å². The van der Waals surface area contributed by atoms with Gasteiger partial charge in [-0.2, -0.15) is 9.97 Å². The van der Waals surface area contributed by atoms with E-state index in [1.807, 2.05) is 0 Å². The quantitative estimate of drug-likeness (QED) is 0.138. The Bertz CT molecular complexity index is 1470. The molecule has 2 aromatic carbocycles. The van der Waals surface area contributed by atoms with E-state index in [2.05, 4.69) is 24.8 Å². The Kier molecular flexibility index (Phi) is 7.02. The average molecular weight is 541 g/mol. The van der Waals surface area contributed by atoms with Crippen LogP contribution in [0, 0.1) is 0 Å². The van der Waals surface area contributed by atoms with Gasteiger partial charge >= 0.3 is 12.4 Å². The van der Waals surface area contributed by atoms with Crippen molar-refractivity contribution in [1.82, 2.24) is 25.1 Å². The number of benzene rings is 2. The van der Waals surface area contributed by atoms with Gasteiger partial charge in [0.2, 0.25) is 11.7 Å². The lowest BCUT2D eigenvalue weighted by molar-refractivity contribution is -0.274. The zero-order valence-corrected chi connectivity index (χ0v) is 20.3. The highest BCUT2D eigenvalue weighted by Crippen LogP contribution is 2.39. The summed E-state index contributed by atoms with van der Waals surface area (Å²) >= 11 is 0. The number of ether oxygens (including phenoxy) is 2. The van der Waals surface area contributed by atoms with Gasteiger partial charge in [0, 0.05) is 17.8 Å². The molecular formula is C25H22F3N7O4. The summed E-state index contributed by atoms with van der Waals surface area (Å²) in [5, 5.41) is 4.87. The molecule has 11 nitrogen and oxygen atoms in total. The van der Waals surface area contributed by atoms with Gasteiger partial charge in [-0.05, 0) is 54.3 Å². The Hall–Kier alpha value is -4.72. The molecule has 2 heterocycles. The van der Waals surface area contributed by atoms with Gasteiger partial charge < -0.3 is 19.7 Å². The number of nitrogen functional groups attached to an aromatic ring is 1. The molecule has 0 atom stereocenters. The smallest absolute Gasteiger partial charge is 0.461 e. The molecule has 1 saturated carbocycles. The fourth-order valence-electron chi connectivity index (χ4n) is 3.63. The maximum atomic E-state index is 13.0. The molecule has 4 N–H and O–H groups in total. The molecule has 0 unspecified atom stereocenters. The van der Waals surface area contributed by atoms with Crippen molar-refractivity contribution < 1.29 is 32.0 Å². The minimum absolute atomic E-state index is 0.0202. The second-order valence-electron chi connectivity index (χ2n) is 8.68. The average Bonchev–Trinajstić information content (AvgIpc) is 3.64. The molecule has 5 rings (SSSR count). The Balaban J connectivity index is 1.20. The first kappa shape index (κ1) is 25.9. The van der Waals surface area contributed by atoms with Crippen LogP contribution in [-0.2, 0) is 0 Å². The maximum absolute atomic E-state index is 13.0. The Labute approximate surface area is 219 Å². The third kappa shape index (κ3) is 6.41. The van der Waals surface area contributed by atoms with E-state index in [1.54, 1.807) is 12.1 Å². The van der Waals surface area contributed by atoms with Gasteiger partial charge in [0.15, 0.2) is 0 Å². The van der Waals surface area contributed by atoms with Crippen molar-refractivity contribution in [2.24, 2.45) is 5.84 Å². The fourth-order valence-corrected chi connectivity index (χ4v) is 3.63.